The summed E-state index contributed by atoms with van der Waals surface area (Å²) >= 11 is 0. The zero-order valence-electron chi connectivity index (χ0n) is 10.5. The van der Waals surface area contributed by atoms with Gasteiger partial charge < -0.3 is 5.32 Å². The van der Waals surface area contributed by atoms with Gasteiger partial charge in [-0.25, -0.2) is 0 Å². The Kier molecular flexibility index (Phi) is 4.63. The van der Waals surface area contributed by atoms with Crippen LogP contribution in [0, 0.1) is 10.1 Å². The summed E-state index contributed by atoms with van der Waals surface area (Å²) in [5, 5.41) is 17.9. The molecule has 0 amide bonds. The number of hydrogen-bond donors (Lipinski definition) is 1. The summed E-state index contributed by atoms with van der Waals surface area (Å²) in [5.41, 5.74) is 1.17. The molecule has 1 heterocycles. The molecule has 0 aliphatic carbocycles. The zero-order chi connectivity index (χ0) is 13.5. The van der Waals surface area contributed by atoms with E-state index >= 15 is 0 Å². The minimum Gasteiger partial charge on any atom is -0.313 e. The van der Waals surface area contributed by atoms with Crippen molar-refractivity contribution in [3.05, 3.63) is 58.4 Å². The Balaban J connectivity index is 1.66. The Bertz CT molecular complexity index is 508. The first-order chi connectivity index (χ1) is 9.25. The van der Waals surface area contributed by atoms with Gasteiger partial charge >= 0.3 is 0 Å². The Hall–Kier alpha value is -2.21. The van der Waals surface area contributed by atoms with Gasteiger partial charge in [-0.1, -0.05) is 12.1 Å². The molecule has 2 rings (SSSR count). The number of aromatic nitrogens is 2. The molecule has 0 aliphatic heterocycles. The van der Waals surface area contributed by atoms with E-state index in [1.807, 2.05) is 16.9 Å². The van der Waals surface area contributed by atoms with Gasteiger partial charge in [-0.15, -0.1) is 0 Å². The fraction of sp³-hybridized carbons (Fsp3) is 0.308. The second-order valence-corrected chi connectivity index (χ2v) is 4.22. The van der Waals surface area contributed by atoms with Crippen LogP contribution < -0.4 is 5.32 Å². The van der Waals surface area contributed by atoms with Crippen molar-refractivity contribution >= 4 is 5.69 Å². The Labute approximate surface area is 111 Å². The predicted octanol–water partition coefficient (Wildman–Crippen LogP) is 1.97. The minimum atomic E-state index is -0.388. The molecule has 1 aromatic heterocycles. The first kappa shape index (κ1) is 13.2. The lowest BCUT2D eigenvalue weighted by Gasteiger charge is -2.05. The van der Waals surface area contributed by atoms with E-state index in [4.69, 9.17) is 0 Å². The maximum absolute atomic E-state index is 10.5. The number of benzene rings is 1. The van der Waals surface area contributed by atoms with Gasteiger partial charge in [0, 0.05) is 37.6 Å². The van der Waals surface area contributed by atoms with Crippen LogP contribution in [-0.2, 0) is 13.1 Å². The molecule has 6 nitrogen and oxygen atoms in total. The molecule has 0 bridgehead atoms. The van der Waals surface area contributed by atoms with Crippen LogP contribution in [0.4, 0.5) is 5.69 Å². The lowest BCUT2D eigenvalue weighted by atomic mass is 10.2. The molecule has 0 saturated carbocycles. The van der Waals surface area contributed by atoms with E-state index in [0.29, 0.717) is 0 Å². The van der Waals surface area contributed by atoms with Crippen molar-refractivity contribution in [3.8, 4) is 0 Å². The largest absolute Gasteiger partial charge is 0.313 e. The van der Waals surface area contributed by atoms with Gasteiger partial charge in [0.25, 0.3) is 5.69 Å². The van der Waals surface area contributed by atoms with Crippen molar-refractivity contribution in [2.45, 2.75) is 19.5 Å². The lowest BCUT2D eigenvalue weighted by molar-refractivity contribution is -0.384. The highest BCUT2D eigenvalue weighted by Crippen LogP contribution is 2.11. The van der Waals surface area contributed by atoms with Crippen LogP contribution in [0.5, 0.6) is 0 Å². The highest BCUT2D eigenvalue weighted by Gasteiger charge is 2.03. The first-order valence-corrected chi connectivity index (χ1v) is 6.17. The van der Waals surface area contributed by atoms with Gasteiger partial charge in [-0.05, 0) is 24.6 Å². The molecule has 100 valence electrons. The fourth-order valence-electron chi connectivity index (χ4n) is 1.77. The normalized spacial score (nSPS) is 10.5. The number of nitro groups is 1. The predicted molar refractivity (Wildman–Crippen MR) is 71.6 cm³/mol. The van der Waals surface area contributed by atoms with Crippen molar-refractivity contribution in [1.29, 1.82) is 0 Å². The molecule has 1 aromatic carbocycles. The molecule has 6 heteroatoms. The molecule has 0 spiro atoms. The monoisotopic (exact) mass is 260 g/mol. The maximum Gasteiger partial charge on any atom is 0.269 e. The van der Waals surface area contributed by atoms with Crippen molar-refractivity contribution < 1.29 is 4.92 Å². The summed E-state index contributed by atoms with van der Waals surface area (Å²) in [7, 11) is 0. The van der Waals surface area contributed by atoms with Gasteiger partial charge in [-0.3, -0.25) is 14.8 Å². The molecule has 2 aromatic rings. The molecule has 19 heavy (non-hydrogen) atoms. The van der Waals surface area contributed by atoms with Gasteiger partial charge in [0.05, 0.1) is 4.92 Å². The minimum absolute atomic E-state index is 0.127. The van der Waals surface area contributed by atoms with Crippen LogP contribution in [-0.4, -0.2) is 21.2 Å². The average Bonchev–Trinajstić information content (AvgIpc) is 2.92. The summed E-state index contributed by atoms with van der Waals surface area (Å²) in [6.45, 7) is 2.49. The van der Waals surface area contributed by atoms with Crippen molar-refractivity contribution in [1.82, 2.24) is 15.1 Å². The maximum atomic E-state index is 10.5. The molecule has 0 saturated heterocycles. The summed E-state index contributed by atoms with van der Waals surface area (Å²) in [6.07, 6.45) is 4.70. The third-order valence-corrected chi connectivity index (χ3v) is 2.78. The Morgan fingerprint density at radius 2 is 2.11 bits per heavy atom. The number of nitrogens with zero attached hydrogens (tertiary/aromatic N) is 3. The average molecular weight is 260 g/mol. The smallest absolute Gasteiger partial charge is 0.269 e. The van der Waals surface area contributed by atoms with Crippen LogP contribution in [0.3, 0.4) is 0 Å². The number of hydrogen-bond acceptors (Lipinski definition) is 4. The third-order valence-electron chi connectivity index (χ3n) is 2.78. The first-order valence-electron chi connectivity index (χ1n) is 6.17. The number of nitrogens with one attached hydrogen (secondary N) is 1. The van der Waals surface area contributed by atoms with Crippen molar-refractivity contribution in [3.63, 3.8) is 0 Å². The summed E-state index contributed by atoms with van der Waals surface area (Å²) in [4.78, 5) is 10.1. The Morgan fingerprint density at radius 1 is 1.32 bits per heavy atom. The van der Waals surface area contributed by atoms with Crippen LogP contribution in [0.15, 0.2) is 42.7 Å². The van der Waals surface area contributed by atoms with E-state index < -0.39 is 0 Å². The highest BCUT2D eigenvalue weighted by atomic mass is 16.6. The number of nitro benzene ring substituents is 1. The van der Waals surface area contributed by atoms with Crippen LogP contribution in [0.25, 0.3) is 0 Å². The van der Waals surface area contributed by atoms with Gasteiger partial charge in [0.15, 0.2) is 0 Å². The second-order valence-electron chi connectivity index (χ2n) is 4.22. The second kappa shape index (κ2) is 6.65. The molecule has 1 N–H and O–H groups in total. The topological polar surface area (TPSA) is 73.0 Å². The van der Waals surface area contributed by atoms with E-state index in [1.54, 1.807) is 18.3 Å². The summed E-state index contributed by atoms with van der Waals surface area (Å²) < 4.78 is 1.90. The van der Waals surface area contributed by atoms with Gasteiger partial charge in [0.1, 0.15) is 0 Å². The van der Waals surface area contributed by atoms with Crippen molar-refractivity contribution in [2.24, 2.45) is 0 Å². The lowest BCUT2D eigenvalue weighted by Crippen LogP contribution is -2.16. The van der Waals surface area contributed by atoms with Crippen LogP contribution >= 0.6 is 0 Å². The van der Waals surface area contributed by atoms with E-state index in [9.17, 15) is 10.1 Å². The molecule has 0 unspecified atom stereocenters. The standard InChI is InChI=1S/C13H16N4O2/c18-17(19)13-5-3-12(4-6-13)11-14-7-1-9-16-10-2-8-15-16/h2-6,8,10,14H,1,7,9,11H2. The number of non-ortho nitro benzene ring substituents is 1. The summed E-state index contributed by atoms with van der Waals surface area (Å²) in [6, 6.07) is 8.52. The molecule has 0 atom stereocenters. The van der Waals surface area contributed by atoms with E-state index in [2.05, 4.69) is 10.4 Å². The zero-order valence-corrected chi connectivity index (χ0v) is 10.5. The van der Waals surface area contributed by atoms with E-state index in [-0.39, 0.29) is 10.6 Å². The molecular weight excluding hydrogens is 244 g/mol. The van der Waals surface area contributed by atoms with Crippen LogP contribution in [0.2, 0.25) is 0 Å². The van der Waals surface area contributed by atoms with E-state index in [0.717, 1.165) is 31.6 Å². The van der Waals surface area contributed by atoms with Gasteiger partial charge in [0.2, 0.25) is 0 Å². The van der Waals surface area contributed by atoms with Crippen LogP contribution in [0.1, 0.15) is 12.0 Å². The highest BCUT2D eigenvalue weighted by molar-refractivity contribution is 5.32. The quantitative estimate of drug-likeness (QED) is 0.469. The number of rotatable bonds is 7. The van der Waals surface area contributed by atoms with Gasteiger partial charge in [-0.2, -0.15) is 5.10 Å². The molecule has 0 radical (unpaired) electrons. The fourth-order valence-corrected chi connectivity index (χ4v) is 1.77. The number of aryl methyl sites for hydroxylation is 1. The summed E-state index contributed by atoms with van der Waals surface area (Å²) in [5.74, 6) is 0. The molecule has 0 aliphatic rings. The molecular formula is C13H16N4O2. The molecule has 0 fully saturated rings. The SMILES string of the molecule is O=[N+]([O-])c1ccc(CNCCCn2cccn2)cc1. The Morgan fingerprint density at radius 3 is 2.74 bits per heavy atom. The van der Waals surface area contributed by atoms with E-state index in [1.165, 1.54) is 12.1 Å². The van der Waals surface area contributed by atoms with Crippen molar-refractivity contribution in [2.75, 3.05) is 6.54 Å². The third kappa shape index (κ3) is 4.18.